The van der Waals surface area contributed by atoms with E-state index in [9.17, 15) is 9.59 Å². The van der Waals surface area contributed by atoms with Gasteiger partial charge in [0, 0.05) is 18.4 Å². The van der Waals surface area contributed by atoms with Gasteiger partial charge in [-0.25, -0.2) is 14.8 Å². The summed E-state index contributed by atoms with van der Waals surface area (Å²) < 4.78 is 0. The second kappa shape index (κ2) is 5.67. The van der Waals surface area contributed by atoms with E-state index in [0.717, 1.165) is 24.6 Å². The highest BCUT2D eigenvalue weighted by Gasteiger charge is 2.23. The summed E-state index contributed by atoms with van der Waals surface area (Å²) in [6.07, 6.45) is 4.93. The highest BCUT2D eigenvalue weighted by molar-refractivity contribution is 8.00. The van der Waals surface area contributed by atoms with Gasteiger partial charge in [-0.1, -0.05) is 11.8 Å². The number of imide groups is 1. The van der Waals surface area contributed by atoms with Gasteiger partial charge in [0.05, 0.1) is 5.75 Å². The van der Waals surface area contributed by atoms with Crippen LogP contribution in [0.15, 0.2) is 17.4 Å². The summed E-state index contributed by atoms with van der Waals surface area (Å²) in [6, 6.07) is -0.226. The molecule has 1 aromatic rings. The smallest absolute Gasteiger partial charge is 0.321 e. The van der Waals surface area contributed by atoms with Crippen LogP contribution in [0.1, 0.15) is 12.8 Å². The minimum Gasteiger partial charge on any atom is -0.381 e. The number of nitrogens with one attached hydrogen (secondary N) is 2. The van der Waals surface area contributed by atoms with Gasteiger partial charge in [0.15, 0.2) is 5.82 Å². The Labute approximate surface area is 108 Å². The number of nitrogens with zero attached hydrogens (tertiary/aromatic N) is 2. The lowest BCUT2D eigenvalue weighted by molar-refractivity contribution is -0.117. The number of thioether (sulfide) groups is 1. The molecule has 1 fully saturated rings. The fourth-order valence-corrected chi connectivity index (χ4v) is 1.87. The largest absolute Gasteiger partial charge is 0.381 e. The number of carbonyl (C=O) groups excluding carboxylic acids is 2. The van der Waals surface area contributed by atoms with E-state index in [-0.39, 0.29) is 23.5 Å². The van der Waals surface area contributed by atoms with Gasteiger partial charge in [0.2, 0.25) is 5.91 Å². The third-order valence-electron chi connectivity index (χ3n) is 2.20. The highest BCUT2D eigenvalue weighted by atomic mass is 32.2. The summed E-state index contributed by atoms with van der Waals surface area (Å²) in [6.45, 7) is 0. The third-order valence-corrected chi connectivity index (χ3v) is 3.19. The van der Waals surface area contributed by atoms with E-state index in [1.165, 1.54) is 12.4 Å². The molecule has 0 aromatic carbocycles. The van der Waals surface area contributed by atoms with Crippen molar-refractivity contribution >= 4 is 29.5 Å². The van der Waals surface area contributed by atoms with Crippen LogP contribution in [0, 0.1) is 0 Å². The van der Waals surface area contributed by atoms with Gasteiger partial charge in [-0.05, 0) is 12.8 Å². The molecule has 1 heterocycles. The molecule has 0 aliphatic heterocycles. The first-order chi connectivity index (χ1) is 8.65. The molecule has 0 spiro atoms. The fourth-order valence-electron chi connectivity index (χ4n) is 1.19. The van der Waals surface area contributed by atoms with E-state index in [2.05, 4.69) is 20.6 Å². The lowest BCUT2D eigenvalue weighted by atomic mass is 10.6. The third kappa shape index (κ3) is 3.88. The summed E-state index contributed by atoms with van der Waals surface area (Å²) >= 11 is 1.14. The average molecular weight is 267 g/mol. The quantitative estimate of drug-likeness (QED) is 0.669. The summed E-state index contributed by atoms with van der Waals surface area (Å²) in [4.78, 5) is 30.6. The molecule has 1 aromatic heterocycles. The highest BCUT2D eigenvalue weighted by Crippen LogP contribution is 2.19. The maximum absolute atomic E-state index is 11.5. The van der Waals surface area contributed by atoms with Crippen LogP contribution < -0.4 is 16.4 Å². The second-order valence-corrected chi connectivity index (χ2v) is 4.80. The van der Waals surface area contributed by atoms with Crippen LogP contribution in [-0.2, 0) is 4.79 Å². The number of amides is 3. The van der Waals surface area contributed by atoms with Crippen molar-refractivity contribution in [1.29, 1.82) is 0 Å². The Morgan fingerprint density at radius 3 is 2.78 bits per heavy atom. The van der Waals surface area contributed by atoms with E-state index in [1.54, 1.807) is 0 Å². The fraction of sp³-hybridized carbons (Fsp3) is 0.400. The van der Waals surface area contributed by atoms with Gasteiger partial charge in [-0.2, -0.15) is 0 Å². The number of hydrogen-bond donors (Lipinski definition) is 3. The zero-order valence-corrected chi connectivity index (χ0v) is 10.4. The maximum atomic E-state index is 11.5. The molecule has 3 amide bonds. The van der Waals surface area contributed by atoms with E-state index in [1.807, 2.05) is 0 Å². The lowest BCUT2D eigenvalue weighted by Crippen LogP contribution is -2.41. The van der Waals surface area contributed by atoms with E-state index in [4.69, 9.17) is 5.73 Å². The number of nitrogens with two attached hydrogens (primary N) is 1. The summed E-state index contributed by atoms with van der Waals surface area (Å²) in [7, 11) is 0. The Balaban J connectivity index is 1.74. The molecule has 96 valence electrons. The molecule has 1 aliphatic carbocycles. The van der Waals surface area contributed by atoms with Crippen molar-refractivity contribution < 1.29 is 9.59 Å². The number of hydrogen-bond acceptors (Lipinski definition) is 6. The minimum absolute atomic E-state index is 0.0704. The number of carbonyl (C=O) groups is 2. The van der Waals surface area contributed by atoms with Gasteiger partial charge in [-0.15, -0.1) is 0 Å². The van der Waals surface area contributed by atoms with Crippen molar-refractivity contribution in [3.63, 3.8) is 0 Å². The molecule has 8 heteroatoms. The number of nitrogen functional groups attached to an aromatic ring is 1. The molecule has 1 saturated carbocycles. The Kier molecular flexibility index (Phi) is 3.98. The van der Waals surface area contributed by atoms with Gasteiger partial charge >= 0.3 is 6.03 Å². The lowest BCUT2D eigenvalue weighted by Gasteiger charge is -2.05. The molecule has 0 bridgehead atoms. The molecule has 0 atom stereocenters. The molecule has 0 radical (unpaired) electrons. The molecular formula is C10H13N5O2S. The van der Waals surface area contributed by atoms with Crippen molar-refractivity contribution in [3.8, 4) is 0 Å². The van der Waals surface area contributed by atoms with Crippen molar-refractivity contribution in [2.75, 3.05) is 11.5 Å². The first-order valence-corrected chi connectivity index (χ1v) is 6.43. The van der Waals surface area contributed by atoms with Crippen LogP contribution in [-0.4, -0.2) is 33.7 Å². The van der Waals surface area contributed by atoms with Gasteiger partial charge in [-0.3, -0.25) is 10.1 Å². The molecule has 0 unspecified atom stereocenters. The normalized spacial score (nSPS) is 14.0. The van der Waals surface area contributed by atoms with Gasteiger partial charge in [0.25, 0.3) is 0 Å². The Hall–Kier alpha value is -1.83. The summed E-state index contributed by atoms with van der Waals surface area (Å²) in [5.41, 5.74) is 5.58. The molecule has 18 heavy (non-hydrogen) atoms. The number of urea groups is 1. The van der Waals surface area contributed by atoms with Crippen LogP contribution in [0.2, 0.25) is 0 Å². The number of rotatable bonds is 4. The molecule has 0 saturated heterocycles. The molecule has 7 nitrogen and oxygen atoms in total. The van der Waals surface area contributed by atoms with Crippen molar-refractivity contribution in [1.82, 2.24) is 20.6 Å². The predicted octanol–water partition coefficient (Wildman–Crippen LogP) is 0.139. The van der Waals surface area contributed by atoms with Gasteiger partial charge < -0.3 is 11.1 Å². The second-order valence-electron chi connectivity index (χ2n) is 3.83. The number of aromatic nitrogens is 2. The number of anilines is 1. The Morgan fingerprint density at radius 1 is 1.39 bits per heavy atom. The van der Waals surface area contributed by atoms with Crippen LogP contribution in [0.25, 0.3) is 0 Å². The van der Waals surface area contributed by atoms with Crippen LogP contribution in [0.4, 0.5) is 10.6 Å². The SMILES string of the molecule is Nc1nccnc1SCC(=O)NC(=O)NC1CC1. The molecule has 1 aliphatic rings. The first-order valence-electron chi connectivity index (χ1n) is 5.45. The predicted molar refractivity (Wildman–Crippen MR) is 66.9 cm³/mol. The van der Waals surface area contributed by atoms with Crippen LogP contribution in [0.3, 0.4) is 0 Å². The standard InChI is InChI=1S/C10H13N5O2S/c11-8-9(13-4-3-12-8)18-5-7(16)15-10(17)14-6-1-2-6/h3-4,6H,1-2,5H2,(H2,11,12)(H2,14,15,16,17). The summed E-state index contributed by atoms with van der Waals surface area (Å²) in [5, 5.41) is 5.39. The van der Waals surface area contributed by atoms with Crippen molar-refractivity contribution in [2.45, 2.75) is 23.9 Å². The van der Waals surface area contributed by atoms with E-state index in [0.29, 0.717) is 5.03 Å². The molecule has 2 rings (SSSR count). The van der Waals surface area contributed by atoms with Crippen LogP contribution >= 0.6 is 11.8 Å². The van der Waals surface area contributed by atoms with E-state index < -0.39 is 6.03 Å². The van der Waals surface area contributed by atoms with Crippen LogP contribution in [0.5, 0.6) is 0 Å². The zero-order valence-electron chi connectivity index (χ0n) is 9.55. The zero-order chi connectivity index (χ0) is 13.0. The van der Waals surface area contributed by atoms with E-state index >= 15 is 0 Å². The maximum Gasteiger partial charge on any atom is 0.321 e. The topological polar surface area (TPSA) is 110 Å². The molecular weight excluding hydrogens is 254 g/mol. The van der Waals surface area contributed by atoms with Crippen molar-refractivity contribution in [3.05, 3.63) is 12.4 Å². The summed E-state index contributed by atoms with van der Waals surface area (Å²) in [5.74, 6) is -0.0398. The first kappa shape index (κ1) is 12.6. The Bertz CT molecular complexity index is 463. The van der Waals surface area contributed by atoms with Crippen molar-refractivity contribution in [2.24, 2.45) is 0 Å². The molecule has 4 N–H and O–H groups in total. The Morgan fingerprint density at radius 2 is 2.11 bits per heavy atom. The monoisotopic (exact) mass is 267 g/mol. The van der Waals surface area contributed by atoms with Gasteiger partial charge in [0.1, 0.15) is 5.03 Å². The minimum atomic E-state index is -0.449. The average Bonchev–Trinajstić information content (AvgIpc) is 3.11.